The number of nitrogens with two attached hydrogens (primary N) is 1. The first-order valence-electron chi connectivity index (χ1n) is 8.82. The van der Waals surface area contributed by atoms with Crippen LogP contribution in [0.4, 0.5) is 15.1 Å². The molecule has 0 saturated carbocycles. The minimum atomic E-state index is -1.34. The van der Waals surface area contributed by atoms with E-state index in [1.165, 1.54) is 0 Å². The summed E-state index contributed by atoms with van der Waals surface area (Å²) in [5.41, 5.74) is 7.23. The molecule has 1 amide bonds. The summed E-state index contributed by atoms with van der Waals surface area (Å²) in [5.74, 6) is -0.289. The molecule has 1 aliphatic heterocycles. The average molecular weight is 438 g/mol. The van der Waals surface area contributed by atoms with E-state index in [1.54, 1.807) is 30.6 Å². The Hall–Kier alpha value is -3.47. The zero-order valence-corrected chi connectivity index (χ0v) is 16.6. The highest BCUT2D eigenvalue weighted by Crippen LogP contribution is 2.25. The highest BCUT2D eigenvalue weighted by molar-refractivity contribution is 5.92. The second-order valence-corrected chi connectivity index (χ2v) is 6.34. The van der Waals surface area contributed by atoms with Crippen LogP contribution in [0, 0.1) is 5.82 Å². The molecule has 3 rings (SSSR count). The van der Waals surface area contributed by atoms with E-state index in [-0.39, 0.29) is 30.5 Å². The van der Waals surface area contributed by atoms with Gasteiger partial charge in [0, 0.05) is 55.0 Å². The SMILES string of the molecule is Cl.NC(=NCc1cccc(-c2cnc(N3CCC(=NO)CC3)nc2)c1F)NC(=O)O. The van der Waals surface area contributed by atoms with E-state index in [1.807, 2.05) is 10.2 Å². The predicted octanol–water partition coefficient (Wildman–Crippen LogP) is 2.22. The number of rotatable bonds is 4. The number of halogens is 2. The minimum absolute atomic E-state index is 0. The fraction of sp³-hybridized carbons (Fsp3) is 0.278. The van der Waals surface area contributed by atoms with Gasteiger partial charge in [0.25, 0.3) is 0 Å². The Bertz CT molecular complexity index is 943. The molecule has 1 aromatic carbocycles. The molecule has 1 fully saturated rings. The van der Waals surface area contributed by atoms with Gasteiger partial charge in [0.15, 0.2) is 5.96 Å². The number of carbonyl (C=O) groups is 1. The van der Waals surface area contributed by atoms with Crippen molar-refractivity contribution in [1.82, 2.24) is 15.3 Å². The van der Waals surface area contributed by atoms with Gasteiger partial charge in [-0.25, -0.2) is 24.1 Å². The topological polar surface area (TPSA) is 149 Å². The third-order valence-electron chi connectivity index (χ3n) is 4.45. The van der Waals surface area contributed by atoms with E-state index in [2.05, 4.69) is 20.1 Å². The van der Waals surface area contributed by atoms with Crippen molar-refractivity contribution in [3.63, 3.8) is 0 Å². The molecule has 0 unspecified atom stereocenters. The first kappa shape index (κ1) is 22.8. The lowest BCUT2D eigenvalue weighted by atomic mass is 10.0. The van der Waals surface area contributed by atoms with Crippen molar-refractivity contribution in [2.24, 2.45) is 15.9 Å². The van der Waals surface area contributed by atoms with Crippen molar-refractivity contribution in [3.8, 4) is 11.1 Å². The highest BCUT2D eigenvalue weighted by atomic mass is 35.5. The van der Waals surface area contributed by atoms with Crippen LogP contribution < -0.4 is 16.0 Å². The summed E-state index contributed by atoms with van der Waals surface area (Å²) in [6.07, 6.45) is 3.02. The molecule has 30 heavy (non-hydrogen) atoms. The Morgan fingerprint density at radius 3 is 2.53 bits per heavy atom. The van der Waals surface area contributed by atoms with Crippen LogP contribution in [0.25, 0.3) is 11.1 Å². The number of aromatic nitrogens is 2. The summed E-state index contributed by atoms with van der Waals surface area (Å²) in [7, 11) is 0. The Balaban J connectivity index is 0.00000320. The van der Waals surface area contributed by atoms with E-state index in [0.29, 0.717) is 43.0 Å². The molecule has 0 bridgehead atoms. The van der Waals surface area contributed by atoms with Crippen molar-refractivity contribution in [1.29, 1.82) is 0 Å². The number of amides is 1. The molecule has 0 atom stereocenters. The lowest BCUT2D eigenvalue weighted by molar-refractivity contribution is 0.200. The van der Waals surface area contributed by atoms with Crippen molar-refractivity contribution in [2.75, 3.05) is 18.0 Å². The second-order valence-electron chi connectivity index (χ2n) is 6.34. The monoisotopic (exact) mass is 437 g/mol. The highest BCUT2D eigenvalue weighted by Gasteiger charge is 2.18. The van der Waals surface area contributed by atoms with Crippen LogP contribution in [-0.4, -0.2) is 51.1 Å². The largest absolute Gasteiger partial charge is 0.465 e. The van der Waals surface area contributed by atoms with Gasteiger partial charge in [-0.1, -0.05) is 23.4 Å². The van der Waals surface area contributed by atoms with Gasteiger partial charge in [-0.2, -0.15) is 0 Å². The number of carboxylic acid groups (broad SMARTS) is 1. The van der Waals surface area contributed by atoms with E-state index in [9.17, 15) is 9.18 Å². The van der Waals surface area contributed by atoms with Crippen molar-refractivity contribution in [2.45, 2.75) is 19.4 Å². The number of nitrogens with zero attached hydrogens (tertiary/aromatic N) is 5. The van der Waals surface area contributed by atoms with Gasteiger partial charge in [-0.05, 0) is 0 Å². The van der Waals surface area contributed by atoms with Gasteiger partial charge in [0.1, 0.15) is 5.82 Å². The van der Waals surface area contributed by atoms with Crippen LogP contribution in [0.3, 0.4) is 0 Å². The van der Waals surface area contributed by atoms with Gasteiger partial charge in [-0.15, -0.1) is 12.4 Å². The summed E-state index contributed by atoms with van der Waals surface area (Å²) < 4.78 is 14.9. The van der Waals surface area contributed by atoms with Gasteiger partial charge in [-0.3, -0.25) is 5.32 Å². The van der Waals surface area contributed by atoms with E-state index in [0.717, 1.165) is 5.71 Å². The number of benzene rings is 1. The van der Waals surface area contributed by atoms with Crippen molar-refractivity contribution in [3.05, 3.63) is 42.0 Å². The van der Waals surface area contributed by atoms with Crippen molar-refractivity contribution >= 4 is 36.1 Å². The summed E-state index contributed by atoms with van der Waals surface area (Å²) in [5, 5.41) is 22.6. The normalized spacial score (nSPS) is 14.1. The summed E-state index contributed by atoms with van der Waals surface area (Å²) >= 11 is 0. The third kappa shape index (κ3) is 5.54. The average Bonchev–Trinajstić information content (AvgIpc) is 2.73. The van der Waals surface area contributed by atoms with Crippen LogP contribution in [0.5, 0.6) is 0 Å². The number of oxime groups is 1. The van der Waals surface area contributed by atoms with Crippen LogP contribution in [0.1, 0.15) is 18.4 Å². The van der Waals surface area contributed by atoms with Crippen molar-refractivity contribution < 1.29 is 19.5 Å². The van der Waals surface area contributed by atoms with Gasteiger partial charge in [0.2, 0.25) is 5.95 Å². The molecule has 0 spiro atoms. The predicted molar refractivity (Wildman–Crippen MR) is 112 cm³/mol. The number of guanidine groups is 1. The van der Waals surface area contributed by atoms with Crippen LogP contribution in [0.2, 0.25) is 0 Å². The molecule has 0 radical (unpaired) electrons. The Kier molecular flexibility index (Phi) is 7.87. The number of piperidine rings is 1. The van der Waals surface area contributed by atoms with E-state index in [4.69, 9.17) is 16.0 Å². The molecule has 1 aliphatic rings. The van der Waals surface area contributed by atoms with Crippen LogP contribution in [0.15, 0.2) is 40.7 Å². The van der Waals surface area contributed by atoms with Crippen LogP contribution >= 0.6 is 12.4 Å². The number of hydrogen-bond acceptors (Lipinski definition) is 7. The zero-order valence-electron chi connectivity index (χ0n) is 15.8. The van der Waals surface area contributed by atoms with E-state index < -0.39 is 11.9 Å². The lowest BCUT2D eigenvalue weighted by Crippen LogP contribution is -2.35. The molecular weight excluding hydrogens is 417 g/mol. The molecular formula is C18H21ClFN7O3. The second kappa shape index (κ2) is 10.3. The first-order chi connectivity index (χ1) is 14.0. The molecule has 10 nitrogen and oxygen atoms in total. The number of aliphatic imine (C=N–C) groups is 1. The maximum atomic E-state index is 14.9. The van der Waals surface area contributed by atoms with Crippen LogP contribution in [-0.2, 0) is 6.54 Å². The maximum absolute atomic E-state index is 14.9. The Labute approximate surface area is 177 Å². The number of anilines is 1. The molecule has 5 N–H and O–H groups in total. The molecule has 2 aromatic rings. The lowest BCUT2D eigenvalue weighted by Gasteiger charge is -2.27. The quantitative estimate of drug-likeness (QED) is 0.248. The van der Waals surface area contributed by atoms with Gasteiger partial charge < -0.3 is 20.9 Å². The Morgan fingerprint density at radius 1 is 1.27 bits per heavy atom. The summed E-state index contributed by atoms with van der Waals surface area (Å²) in [4.78, 5) is 25.0. The number of nitrogens with one attached hydrogen (secondary N) is 1. The molecule has 2 heterocycles. The number of hydrogen-bond donors (Lipinski definition) is 4. The zero-order chi connectivity index (χ0) is 20.8. The standard InChI is InChI=1S/C18H20FN7O3.ClH/c19-15-11(8-21-16(20)24-18(27)28)2-1-3-14(15)12-9-22-17(23-10-12)26-6-4-13(25-29)5-7-26;/h1-3,9-10,29H,4-8H2,(H,27,28)(H3,20,21,24);1H. The molecule has 1 saturated heterocycles. The van der Waals surface area contributed by atoms with Gasteiger partial charge >= 0.3 is 6.09 Å². The molecule has 160 valence electrons. The summed E-state index contributed by atoms with van der Waals surface area (Å²) in [6.45, 7) is 1.17. The maximum Gasteiger partial charge on any atom is 0.411 e. The fourth-order valence-corrected chi connectivity index (χ4v) is 2.93. The molecule has 0 aliphatic carbocycles. The first-order valence-corrected chi connectivity index (χ1v) is 8.82. The smallest absolute Gasteiger partial charge is 0.411 e. The minimum Gasteiger partial charge on any atom is -0.465 e. The molecule has 12 heteroatoms. The Morgan fingerprint density at radius 2 is 1.93 bits per heavy atom. The molecule has 1 aromatic heterocycles. The fourth-order valence-electron chi connectivity index (χ4n) is 2.93. The summed E-state index contributed by atoms with van der Waals surface area (Å²) in [6, 6.07) is 4.81. The van der Waals surface area contributed by atoms with E-state index >= 15 is 0 Å². The van der Waals surface area contributed by atoms with Gasteiger partial charge in [0.05, 0.1) is 12.3 Å². The third-order valence-corrected chi connectivity index (χ3v) is 4.45.